The molecule has 1 rings (SSSR count). The number of aliphatic hydroxyl groups excluding tert-OH is 1. The number of carbonyl (C=O) groups is 1. The van der Waals surface area contributed by atoms with Gasteiger partial charge in [-0.25, -0.2) is 0 Å². The normalized spacial score (nSPS) is 10.7. The minimum absolute atomic E-state index is 0.0264. The highest BCUT2D eigenvalue weighted by Crippen LogP contribution is 2.14. The van der Waals surface area contributed by atoms with Crippen LogP contribution in [0.25, 0.3) is 0 Å². The van der Waals surface area contributed by atoms with Gasteiger partial charge >= 0.3 is 0 Å². The van der Waals surface area contributed by atoms with Crippen LogP contribution in [0.1, 0.15) is 32.3 Å². The maximum atomic E-state index is 12.2. The van der Waals surface area contributed by atoms with Crippen LogP contribution >= 0.6 is 0 Å². The van der Waals surface area contributed by atoms with Gasteiger partial charge in [-0.3, -0.25) is 9.69 Å². The van der Waals surface area contributed by atoms with E-state index >= 15 is 0 Å². The monoisotopic (exact) mass is 289 g/mol. The van der Waals surface area contributed by atoms with Crippen molar-refractivity contribution in [3.8, 4) is 6.07 Å². The van der Waals surface area contributed by atoms with Crippen molar-refractivity contribution < 1.29 is 9.90 Å². The van der Waals surface area contributed by atoms with Gasteiger partial charge in [-0.15, -0.1) is 0 Å². The van der Waals surface area contributed by atoms with Crippen molar-refractivity contribution in [2.45, 2.75) is 32.7 Å². The van der Waals surface area contributed by atoms with Gasteiger partial charge in [0.2, 0.25) is 5.91 Å². The van der Waals surface area contributed by atoms with Crippen molar-refractivity contribution in [3.63, 3.8) is 0 Å². The van der Waals surface area contributed by atoms with Gasteiger partial charge in [0.25, 0.3) is 0 Å². The number of hydrogen-bond acceptors (Lipinski definition) is 4. The van der Waals surface area contributed by atoms with E-state index in [4.69, 9.17) is 10.4 Å². The molecule has 114 valence electrons. The fourth-order valence-electron chi connectivity index (χ4n) is 2.39. The van der Waals surface area contributed by atoms with E-state index in [9.17, 15) is 4.79 Å². The molecule has 0 spiro atoms. The zero-order valence-electron chi connectivity index (χ0n) is 12.7. The molecule has 0 aliphatic heterocycles. The van der Waals surface area contributed by atoms with E-state index < -0.39 is 0 Å². The Balaban J connectivity index is 2.72. The number of nitrogens with one attached hydrogen (secondary N) is 1. The Bertz CT molecular complexity index is 493. The third-order valence-electron chi connectivity index (χ3n) is 3.51. The zero-order chi connectivity index (χ0) is 15.7. The van der Waals surface area contributed by atoms with Gasteiger partial charge in [0, 0.05) is 12.6 Å². The predicted molar refractivity (Wildman–Crippen MR) is 82.8 cm³/mol. The molecule has 0 unspecified atom stereocenters. The first kappa shape index (κ1) is 17.2. The average Bonchev–Trinajstić information content (AvgIpc) is 2.49. The first-order valence-electron chi connectivity index (χ1n) is 7.30. The van der Waals surface area contributed by atoms with Crippen LogP contribution in [0.15, 0.2) is 24.3 Å². The van der Waals surface area contributed by atoms with Gasteiger partial charge < -0.3 is 10.4 Å². The van der Waals surface area contributed by atoms with Gasteiger partial charge in [0.1, 0.15) is 6.07 Å². The first-order chi connectivity index (χ1) is 10.2. The van der Waals surface area contributed by atoms with Crippen LogP contribution in [0, 0.1) is 11.3 Å². The van der Waals surface area contributed by atoms with Gasteiger partial charge in [0.05, 0.1) is 24.4 Å². The maximum Gasteiger partial charge on any atom is 0.238 e. The van der Waals surface area contributed by atoms with Crippen molar-refractivity contribution in [1.29, 1.82) is 5.26 Å². The lowest BCUT2D eigenvalue weighted by Crippen LogP contribution is -2.42. The number of nitrogens with zero attached hydrogens (tertiary/aromatic N) is 2. The summed E-state index contributed by atoms with van der Waals surface area (Å²) in [6.45, 7) is 4.85. The molecule has 0 bridgehead atoms. The Morgan fingerprint density at radius 3 is 2.62 bits per heavy atom. The number of amides is 1. The Hall–Kier alpha value is -1.90. The third kappa shape index (κ3) is 5.18. The van der Waals surface area contributed by atoms with Crippen LogP contribution in [-0.4, -0.2) is 41.7 Å². The Kier molecular flexibility index (Phi) is 7.44. The van der Waals surface area contributed by atoms with E-state index in [1.54, 1.807) is 24.3 Å². The highest BCUT2D eigenvalue weighted by molar-refractivity contribution is 5.93. The molecule has 0 aromatic heterocycles. The maximum absolute atomic E-state index is 12.2. The molecule has 0 aliphatic rings. The van der Waals surface area contributed by atoms with Crippen LogP contribution < -0.4 is 5.32 Å². The second kappa shape index (κ2) is 9.11. The zero-order valence-corrected chi connectivity index (χ0v) is 12.7. The number of nitriles is 1. The van der Waals surface area contributed by atoms with E-state index in [0.717, 1.165) is 12.8 Å². The molecule has 0 aliphatic carbocycles. The molecule has 0 radical (unpaired) electrons. The number of rotatable bonds is 8. The molecule has 0 saturated carbocycles. The van der Waals surface area contributed by atoms with Crippen molar-refractivity contribution >= 4 is 11.6 Å². The molecular weight excluding hydrogens is 266 g/mol. The lowest BCUT2D eigenvalue weighted by Gasteiger charge is -2.29. The summed E-state index contributed by atoms with van der Waals surface area (Å²) in [6.07, 6.45) is 1.86. The molecule has 2 N–H and O–H groups in total. The van der Waals surface area contributed by atoms with Gasteiger partial charge in [0.15, 0.2) is 0 Å². The number of hydrogen-bond donors (Lipinski definition) is 2. The van der Waals surface area contributed by atoms with Gasteiger partial charge in [-0.1, -0.05) is 26.0 Å². The van der Waals surface area contributed by atoms with E-state index in [1.165, 1.54) is 0 Å². The Morgan fingerprint density at radius 2 is 2.05 bits per heavy atom. The number of benzene rings is 1. The van der Waals surface area contributed by atoms with Crippen LogP contribution in [0.5, 0.6) is 0 Å². The molecule has 5 heteroatoms. The largest absolute Gasteiger partial charge is 0.395 e. The first-order valence-corrected chi connectivity index (χ1v) is 7.30. The molecule has 1 aromatic rings. The fourth-order valence-corrected chi connectivity index (χ4v) is 2.39. The van der Waals surface area contributed by atoms with Crippen molar-refractivity contribution in [2.24, 2.45) is 0 Å². The molecule has 5 nitrogen and oxygen atoms in total. The van der Waals surface area contributed by atoms with Crippen molar-refractivity contribution in [3.05, 3.63) is 29.8 Å². The number of carbonyl (C=O) groups excluding carboxylic acids is 1. The van der Waals surface area contributed by atoms with E-state index in [-0.39, 0.29) is 25.1 Å². The lowest BCUT2D eigenvalue weighted by atomic mass is 10.1. The molecule has 0 atom stereocenters. The van der Waals surface area contributed by atoms with E-state index in [0.29, 0.717) is 17.8 Å². The summed E-state index contributed by atoms with van der Waals surface area (Å²) in [5.41, 5.74) is 0.973. The second-order valence-corrected chi connectivity index (χ2v) is 4.87. The van der Waals surface area contributed by atoms with Crippen LogP contribution in [0.4, 0.5) is 5.69 Å². The molecule has 21 heavy (non-hydrogen) atoms. The SMILES string of the molecule is CCC(CC)N(CCO)CC(=O)Nc1ccccc1C#N. The van der Waals surface area contributed by atoms with E-state index in [2.05, 4.69) is 25.2 Å². The number of aliphatic hydroxyl groups is 1. The second-order valence-electron chi connectivity index (χ2n) is 4.87. The topological polar surface area (TPSA) is 76.4 Å². The van der Waals surface area contributed by atoms with Crippen LogP contribution in [0.3, 0.4) is 0 Å². The average molecular weight is 289 g/mol. The fraction of sp³-hybridized carbons (Fsp3) is 0.500. The summed E-state index contributed by atoms with van der Waals surface area (Å²) in [4.78, 5) is 14.1. The standard InChI is InChI=1S/C16H23N3O2/c1-3-14(4-2)19(9-10-20)12-16(21)18-15-8-6-5-7-13(15)11-17/h5-8,14,20H,3-4,9-10,12H2,1-2H3,(H,18,21). The van der Waals surface area contributed by atoms with Crippen LogP contribution in [-0.2, 0) is 4.79 Å². The summed E-state index contributed by atoms with van der Waals surface area (Å²) in [5.74, 6) is -0.168. The van der Waals surface area contributed by atoms with Gasteiger partial charge in [-0.05, 0) is 25.0 Å². The molecule has 1 aromatic carbocycles. The predicted octanol–water partition coefficient (Wildman–Crippen LogP) is 1.98. The highest BCUT2D eigenvalue weighted by atomic mass is 16.3. The molecule has 0 heterocycles. The van der Waals surface area contributed by atoms with E-state index in [1.807, 2.05) is 4.90 Å². The van der Waals surface area contributed by atoms with Crippen LogP contribution in [0.2, 0.25) is 0 Å². The molecule has 0 saturated heterocycles. The Morgan fingerprint density at radius 1 is 1.38 bits per heavy atom. The van der Waals surface area contributed by atoms with Crippen molar-refractivity contribution in [1.82, 2.24) is 4.90 Å². The summed E-state index contributed by atoms with van der Waals surface area (Å²) < 4.78 is 0. The molecular formula is C16H23N3O2. The summed E-state index contributed by atoms with van der Waals surface area (Å²) in [6, 6.07) is 9.25. The number of anilines is 1. The lowest BCUT2D eigenvalue weighted by molar-refractivity contribution is -0.118. The van der Waals surface area contributed by atoms with Gasteiger partial charge in [-0.2, -0.15) is 5.26 Å². The summed E-state index contributed by atoms with van der Waals surface area (Å²) >= 11 is 0. The van der Waals surface area contributed by atoms with Crippen molar-refractivity contribution in [2.75, 3.05) is 25.0 Å². The third-order valence-corrected chi connectivity index (χ3v) is 3.51. The highest BCUT2D eigenvalue weighted by Gasteiger charge is 2.18. The summed E-state index contributed by atoms with van der Waals surface area (Å²) in [7, 11) is 0. The Labute approximate surface area is 126 Å². The minimum atomic E-state index is -0.168. The summed E-state index contributed by atoms with van der Waals surface area (Å²) in [5, 5.41) is 20.9. The molecule has 1 amide bonds. The number of para-hydroxylation sites is 1. The smallest absolute Gasteiger partial charge is 0.238 e. The molecule has 0 fully saturated rings. The quantitative estimate of drug-likeness (QED) is 0.767. The minimum Gasteiger partial charge on any atom is -0.395 e.